The molecule has 0 bridgehead atoms. The molecule has 4 rings (SSSR count). The molecule has 0 spiro atoms. The molecule has 1 atom stereocenters. The van der Waals surface area contributed by atoms with Crippen LogP contribution in [0.3, 0.4) is 0 Å². The Balaban J connectivity index is 1.91. The van der Waals surface area contributed by atoms with Crippen molar-refractivity contribution in [1.29, 1.82) is 0 Å². The lowest BCUT2D eigenvalue weighted by Crippen LogP contribution is -2.29. The quantitative estimate of drug-likeness (QED) is 0.353. The smallest absolute Gasteiger partial charge is 0.336 e. The molecule has 1 aliphatic carbocycles. The Morgan fingerprint density at radius 2 is 1.84 bits per heavy atom. The molecule has 2 aliphatic rings. The molecule has 0 saturated carbocycles. The first-order valence-electron chi connectivity index (χ1n) is 10.1. The fraction of sp³-hybridized carbons (Fsp3) is 0.200. The van der Waals surface area contributed by atoms with E-state index in [4.69, 9.17) is 9.47 Å². The van der Waals surface area contributed by atoms with E-state index in [0.717, 1.165) is 16.8 Å². The zero-order valence-electron chi connectivity index (χ0n) is 17.6. The van der Waals surface area contributed by atoms with Crippen LogP contribution < -0.4 is 10.1 Å². The van der Waals surface area contributed by atoms with Crippen molar-refractivity contribution < 1.29 is 19.1 Å². The van der Waals surface area contributed by atoms with Gasteiger partial charge in [-0.2, -0.15) is 0 Å². The maximum absolute atomic E-state index is 13.5. The zero-order chi connectivity index (χ0) is 23.0. The van der Waals surface area contributed by atoms with Crippen LogP contribution in [0.25, 0.3) is 5.70 Å². The number of halogens is 2. The number of esters is 1. The Hall–Kier alpha value is -2.64. The second kappa shape index (κ2) is 9.08. The van der Waals surface area contributed by atoms with E-state index in [1.807, 2.05) is 43.3 Å². The number of allylic oxidation sites excluding steroid dienone is 2. The summed E-state index contributed by atoms with van der Waals surface area (Å²) in [5.41, 5.74) is 4.59. The van der Waals surface area contributed by atoms with Crippen LogP contribution in [-0.2, 0) is 9.53 Å². The van der Waals surface area contributed by atoms with Gasteiger partial charge in [0.05, 0.1) is 26.8 Å². The van der Waals surface area contributed by atoms with E-state index in [1.165, 1.54) is 0 Å². The molecule has 1 heterocycles. The van der Waals surface area contributed by atoms with Crippen LogP contribution in [0, 0.1) is 0 Å². The van der Waals surface area contributed by atoms with Crippen LogP contribution in [0.4, 0.5) is 0 Å². The zero-order valence-corrected chi connectivity index (χ0v) is 20.8. The number of carbonyl (C=O) groups excluding carboxylic acids is 2. The van der Waals surface area contributed by atoms with E-state index in [-0.39, 0.29) is 12.4 Å². The van der Waals surface area contributed by atoms with Gasteiger partial charge in [0.25, 0.3) is 0 Å². The minimum Gasteiger partial charge on any atom is -0.487 e. The Labute approximate surface area is 203 Å². The first-order valence-corrected chi connectivity index (χ1v) is 11.7. The highest BCUT2D eigenvalue weighted by Gasteiger charge is 2.43. The number of Topliss-reactive ketones (excluding diaryl/α,β-unsaturated/α-hetero) is 1. The number of rotatable bonds is 6. The van der Waals surface area contributed by atoms with Crippen LogP contribution in [0.1, 0.15) is 41.3 Å². The average Bonchev–Trinajstić information content (AvgIpc) is 3.04. The van der Waals surface area contributed by atoms with Gasteiger partial charge in [-0.15, -0.1) is 0 Å². The lowest BCUT2D eigenvalue weighted by Gasteiger charge is -2.29. The first-order chi connectivity index (χ1) is 15.4. The molecular formula is C25H21Br2NO4. The van der Waals surface area contributed by atoms with E-state index >= 15 is 0 Å². The van der Waals surface area contributed by atoms with Crippen LogP contribution in [0.2, 0.25) is 0 Å². The van der Waals surface area contributed by atoms with Crippen LogP contribution in [0.15, 0.2) is 74.8 Å². The SMILES string of the molecule is C=CCOc1c(Br)cc([C@H]2C(C(=O)OCC)=C(C)NC3=C2C(=O)c2ccccc23)cc1Br. The highest BCUT2D eigenvalue weighted by molar-refractivity contribution is 9.11. The predicted molar refractivity (Wildman–Crippen MR) is 130 cm³/mol. The van der Waals surface area contributed by atoms with Crippen LogP contribution in [-0.4, -0.2) is 25.0 Å². The standard InChI is InChI=1S/C25H21Br2NO4/c1-4-10-32-24-17(26)11-14(12-18(24)27)20-19(25(30)31-5-2)13(3)28-22-15-8-6-7-9-16(15)23(29)21(20)22/h4,6-9,11-12,20,28H,1,5,10H2,2-3H3/t20-/m0/s1. The third-order valence-corrected chi connectivity index (χ3v) is 6.62. The summed E-state index contributed by atoms with van der Waals surface area (Å²) in [6.07, 6.45) is 1.66. The second-order valence-electron chi connectivity index (χ2n) is 7.39. The van der Waals surface area contributed by atoms with Gasteiger partial charge in [-0.25, -0.2) is 4.79 Å². The van der Waals surface area contributed by atoms with Crippen molar-refractivity contribution in [2.45, 2.75) is 19.8 Å². The normalized spacial score (nSPS) is 17.0. The number of benzene rings is 2. The largest absolute Gasteiger partial charge is 0.487 e. The molecule has 32 heavy (non-hydrogen) atoms. The summed E-state index contributed by atoms with van der Waals surface area (Å²) < 4.78 is 12.5. The lowest BCUT2D eigenvalue weighted by molar-refractivity contribution is -0.138. The van der Waals surface area contributed by atoms with Crippen molar-refractivity contribution in [3.8, 4) is 5.75 Å². The molecule has 2 aromatic carbocycles. The molecule has 0 fully saturated rings. The van der Waals surface area contributed by atoms with Gasteiger partial charge >= 0.3 is 5.97 Å². The number of ether oxygens (including phenoxy) is 2. The van der Waals surface area contributed by atoms with Crippen LogP contribution in [0.5, 0.6) is 5.75 Å². The summed E-state index contributed by atoms with van der Waals surface area (Å²) in [6, 6.07) is 11.2. The van der Waals surface area contributed by atoms with E-state index in [1.54, 1.807) is 13.0 Å². The summed E-state index contributed by atoms with van der Waals surface area (Å²) in [5.74, 6) is -0.513. The maximum Gasteiger partial charge on any atom is 0.336 e. The second-order valence-corrected chi connectivity index (χ2v) is 9.10. The predicted octanol–water partition coefficient (Wildman–Crippen LogP) is 5.91. The third kappa shape index (κ3) is 3.73. The number of ketones is 1. The number of hydrogen-bond donors (Lipinski definition) is 1. The maximum atomic E-state index is 13.5. The Morgan fingerprint density at radius 3 is 2.47 bits per heavy atom. The van der Waals surface area contributed by atoms with Crippen molar-refractivity contribution in [2.24, 2.45) is 0 Å². The van der Waals surface area contributed by atoms with Gasteiger partial charge in [0.1, 0.15) is 12.4 Å². The van der Waals surface area contributed by atoms with Crippen molar-refractivity contribution in [3.05, 3.63) is 91.5 Å². The van der Waals surface area contributed by atoms with E-state index in [0.29, 0.717) is 43.7 Å². The molecule has 0 amide bonds. The average molecular weight is 559 g/mol. The highest BCUT2D eigenvalue weighted by Crippen LogP contribution is 2.48. The van der Waals surface area contributed by atoms with Crippen molar-refractivity contribution in [1.82, 2.24) is 5.32 Å². The first kappa shape index (κ1) is 22.6. The fourth-order valence-electron chi connectivity index (χ4n) is 4.17. The van der Waals surface area contributed by atoms with Crippen molar-refractivity contribution in [3.63, 3.8) is 0 Å². The van der Waals surface area contributed by atoms with Crippen molar-refractivity contribution >= 4 is 49.3 Å². The molecule has 1 N–H and O–H groups in total. The third-order valence-electron chi connectivity index (χ3n) is 5.44. The Kier molecular flexibility index (Phi) is 6.40. The van der Waals surface area contributed by atoms with Gasteiger partial charge in [-0.05, 0) is 63.4 Å². The molecule has 0 aromatic heterocycles. The molecule has 0 saturated heterocycles. The molecule has 1 aliphatic heterocycles. The van der Waals surface area contributed by atoms with E-state index < -0.39 is 11.9 Å². The minimum absolute atomic E-state index is 0.0957. The fourth-order valence-corrected chi connectivity index (χ4v) is 5.62. The van der Waals surface area contributed by atoms with Gasteiger partial charge in [0.2, 0.25) is 0 Å². The molecular weight excluding hydrogens is 538 g/mol. The highest BCUT2D eigenvalue weighted by atomic mass is 79.9. The summed E-state index contributed by atoms with van der Waals surface area (Å²) in [7, 11) is 0. The van der Waals surface area contributed by atoms with Crippen LogP contribution >= 0.6 is 31.9 Å². The van der Waals surface area contributed by atoms with Gasteiger partial charge < -0.3 is 14.8 Å². The number of hydrogen-bond acceptors (Lipinski definition) is 5. The summed E-state index contributed by atoms with van der Waals surface area (Å²) in [4.78, 5) is 26.5. The van der Waals surface area contributed by atoms with Gasteiger partial charge in [0, 0.05) is 28.3 Å². The minimum atomic E-state index is -0.591. The number of fused-ring (bicyclic) bond motifs is 2. The number of carbonyl (C=O) groups is 2. The number of nitrogens with one attached hydrogen (secondary N) is 1. The van der Waals surface area contributed by atoms with Gasteiger partial charge in [0.15, 0.2) is 5.78 Å². The molecule has 5 nitrogen and oxygen atoms in total. The van der Waals surface area contributed by atoms with Gasteiger partial charge in [-0.1, -0.05) is 36.9 Å². The summed E-state index contributed by atoms with van der Waals surface area (Å²) in [5, 5.41) is 3.30. The number of dihydropyridines is 1. The molecule has 2 aromatic rings. The van der Waals surface area contributed by atoms with Gasteiger partial charge in [-0.3, -0.25) is 4.79 Å². The molecule has 0 radical (unpaired) electrons. The topological polar surface area (TPSA) is 64.6 Å². The molecule has 7 heteroatoms. The molecule has 164 valence electrons. The van der Waals surface area contributed by atoms with E-state index in [2.05, 4.69) is 43.8 Å². The summed E-state index contributed by atoms with van der Waals surface area (Å²) in [6.45, 7) is 7.87. The van der Waals surface area contributed by atoms with Crippen molar-refractivity contribution in [2.75, 3.05) is 13.2 Å². The lowest BCUT2D eigenvalue weighted by atomic mass is 9.80. The Bertz CT molecular complexity index is 1190. The monoisotopic (exact) mass is 557 g/mol. The van der Waals surface area contributed by atoms with E-state index in [9.17, 15) is 9.59 Å². The Morgan fingerprint density at radius 1 is 1.19 bits per heavy atom. The molecule has 0 unspecified atom stereocenters. The summed E-state index contributed by atoms with van der Waals surface area (Å²) >= 11 is 7.15.